The maximum absolute atomic E-state index is 13.4. The van der Waals surface area contributed by atoms with Gasteiger partial charge in [-0.2, -0.15) is 5.10 Å². The Morgan fingerprint density at radius 2 is 1.63 bits per heavy atom. The van der Waals surface area contributed by atoms with Gasteiger partial charge in [0.2, 0.25) is 10.0 Å². The summed E-state index contributed by atoms with van der Waals surface area (Å²) in [6.45, 7) is 3.75. The molecule has 0 fully saturated rings. The molecule has 0 saturated carbocycles. The normalized spacial score (nSPS) is 11.6. The molecule has 0 aliphatic rings. The average Bonchev–Trinajstić information content (AvgIpc) is 3.27. The summed E-state index contributed by atoms with van der Waals surface area (Å²) in [5.41, 5.74) is 4.21. The number of carbonyl (C=O) groups is 1. The van der Waals surface area contributed by atoms with Gasteiger partial charge in [-0.05, 0) is 55.8 Å². The third-order valence-electron chi connectivity index (χ3n) is 5.61. The van der Waals surface area contributed by atoms with Crippen molar-refractivity contribution in [2.45, 2.75) is 18.7 Å². The zero-order valence-electron chi connectivity index (χ0n) is 19.8. The second-order valence-corrected chi connectivity index (χ2v) is 10.5. The van der Waals surface area contributed by atoms with Crippen molar-refractivity contribution in [2.75, 3.05) is 19.4 Å². The first-order valence-corrected chi connectivity index (χ1v) is 12.3. The van der Waals surface area contributed by atoms with Crippen LogP contribution in [-0.2, 0) is 10.0 Å². The van der Waals surface area contributed by atoms with E-state index in [0.29, 0.717) is 28.2 Å². The SMILES string of the molecule is Cc1ccc(-c2nn(-c3ccc(F)cc3)cc2C(=O)Nc2cc(S(=O)(=O)N(C)C)ccc2C)cc1. The van der Waals surface area contributed by atoms with Crippen molar-refractivity contribution in [3.8, 4) is 16.9 Å². The number of nitrogens with one attached hydrogen (secondary N) is 1. The molecular weight excluding hydrogens is 467 g/mol. The minimum atomic E-state index is -3.67. The summed E-state index contributed by atoms with van der Waals surface area (Å²) in [5.74, 6) is -0.822. The van der Waals surface area contributed by atoms with Gasteiger partial charge in [0.15, 0.2) is 0 Å². The molecule has 4 rings (SSSR count). The molecule has 1 heterocycles. The van der Waals surface area contributed by atoms with E-state index < -0.39 is 15.9 Å². The van der Waals surface area contributed by atoms with Crippen LogP contribution < -0.4 is 5.32 Å². The lowest BCUT2D eigenvalue weighted by atomic mass is 10.1. The number of carbonyl (C=O) groups excluding carboxylic acids is 1. The van der Waals surface area contributed by atoms with E-state index in [1.807, 2.05) is 31.2 Å². The zero-order valence-corrected chi connectivity index (χ0v) is 20.6. The summed E-state index contributed by atoms with van der Waals surface area (Å²) in [6.07, 6.45) is 1.58. The summed E-state index contributed by atoms with van der Waals surface area (Å²) < 4.78 is 41.2. The topological polar surface area (TPSA) is 84.3 Å². The lowest BCUT2D eigenvalue weighted by molar-refractivity contribution is 0.102. The fraction of sp³-hybridized carbons (Fsp3) is 0.154. The van der Waals surface area contributed by atoms with Crippen molar-refractivity contribution in [1.82, 2.24) is 14.1 Å². The Hall–Kier alpha value is -3.82. The smallest absolute Gasteiger partial charge is 0.259 e. The van der Waals surface area contributed by atoms with E-state index in [1.165, 1.54) is 43.0 Å². The van der Waals surface area contributed by atoms with E-state index in [0.717, 1.165) is 15.4 Å². The second kappa shape index (κ2) is 9.44. The van der Waals surface area contributed by atoms with Crippen LogP contribution in [0.1, 0.15) is 21.5 Å². The van der Waals surface area contributed by atoms with Crippen LogP contribution in [0.4, 0.5) is 10.1 Å². The molecule has 7 nitrogen and oxygen atoms in total. The largest absolute Gasteiger partial charge is 0.322 e. The second-order valence-electron chi connectivity index (χ2n) is 8.40. The van der Waals surface area contributed by atoms with Crippen molar-refractivity contribution in [3.05, 3.63) is 95.4 Å². The van der Waals surface area contributed by atoms with E-state index in [-0.39, 0.29) is 10.7 Å². The molecule has 9 heteroatoms. The Labute approximate surface area is 203 Å². The Bertz CT molecular complexity index is 1490. The molecule has 1 amide bonds. The van der Waals surface area contributed by atoms with E-state index >= 15 is 0 Å². The number of hydrogen-bond acceptors (Lipinski definition) is 4. The van der Waals surface area contributed by atoms with Crippen LogP contribution >= 0.6 is 0 Å². The Kier molecular flexibility index (Phi) is 6.56. The highest BCUT2D eigenvalue weighted by atomic mass is 32.2. The minimum absolute atomic E-state index is 0.0733. The minimum Gasteiger partial charge on any atom is -0.322 e. The van der Waals surface area contributed by atoms with Gasteiger partial charge in [-0.25, -0.2) is 21.8 Å². The maximum atomic E-state index is 13.4. The molecule has 1 N–H and O–H groups in total. The molecule has 0 aliphatic carbocycles. The van der Waals surface area contributed by atoms with Gasteiger partial charge in [-0.3, -0.25) is 4.79 Å². The number of halogens is 1. The molecular formula is C26H25FN4O3S. The third kappa shape index (κ3) is 5.01. The van der Waals surface area contributed by atoms with Crippen molar-refractivity contribution in [1.29, 1.82) is 0 Å². The van der Waals surface area contributed by atoms with Crippen LogP contribution in [0.25, 0.3) is 16.9 Å². The molecule has 0 spiro atoms. The van der Waals surface area contributed by atoms with Crippen LogP contribution in [0.3, 0.4) is 0 Å². The summed E-state index contributed by atoms with van der Waals surface area (Å²) in [5, 5.41) is 7.44. The number of sulfonamides is 1. The van der Waals surface area contributed by atoms with Gasteiger partial charge in [-0.1, -0.05) is 35.9 Å². The van der Waals surface area contributed by atoms with E-state index in [2.05, 4.69) is 10.4 Å². The molecule has 0 atom stereocenters. The third-order valence-corrected chi connectivity index (χ3v) is 7.42. The number of rotatable bonds is 6. The van der Waals surface area contributed by atoms with Crippen molar-refractivity contribution >= 4 is 21.6 Å². The first kappa shape index (κ1) is 24.3. The lowest BCUT2D eigenvalue weighted by Crippen LogP contribution is -2.22. The Morgan fingerprint density at radius 1 is 0.971 bits per heavy atom. The van der Waals surface area contributed by atoms with Gasteiger partial charge < -0.3 is 5.32 Å². The Morgan fingerprint density at radius 3 is 2.26 bits per heavy atom. The van der Waals surface area contributed by atoms with Crippen LogP contribution in [0, 0.1) is 19.7 Å². The predicted octanol–water partition coefficient (Wildman–Crippen LogP) is 4.80. The van der Waals surface area contributed by atoms with E-state index in [1.54, 1.807) is 31.3 Å². The summed E-state index contributed by atoms with van der Waals surface area (Å²) in [7, 11) is -0.773. The Balaban J connectivity index is 1.77. The van der Waals surface area contributed by atoms with Crippen LogP contribution in [-0.4, -0.2) is 42.5 Å². The molecule has 0 unspecified atom stereocenters. The molecule has 0 saturated heterocycles. The lowest BCUT2D eigenvalue weighted by Gasteiger charge is -2.14. The predicted molar refractivity (Wildman–Crippen MR) is 134 cm³/mol. The average molecular weight is 493 g/mol. The fourth-order valence-electron chi connectivity index (χ4n) is 3.49. The molecule has 180 valence electrons. The van der Waals surface area contributed by atoms with Gasteiger partial charge in [-0.15, -0.1) is 0 Å². The van der Waals surface area contributed by atoms with Crippen molar-refractivity contribution in [2.24, 2.45) is 0 Å². The summed E-state index contributed by atoms with van der Waals surface area (Å²) >= 11 is 0. The van der Waals surface area contributed by atoms with E-state index in [4.69, 9.17) is 0 Å². The summed E-state index contributed by atoms with van der Waals surface area (Å²) in [4.78, 5) is 13.5. The van der Waals surface area contributed by atoms with Crippen LogP contribution in [0.5, 0.6) is 0 Å². The number of nitrogens with zero attached hydrogens (tertiary/aromatic N) is 3. The van der Waals surface area contributed by atoms with Gasteiger partial charge in [0, 0.05) is 31.5 Å². The first-order chi connectivity index (χ1) is 16.6. The van der Waals surface area contributed by atoms with Gasteiger partial charge in [0.25, 0.3) is 5.91 Å². The van der Waals surface area contributed by atoms with Gasteiger partial charge in [0.05, 0.1) is 16.1 Å². The number of hydrogen-bond donors (Lipinski definition) is 1. The number of amides is 1. The molecule has 0 radical (unpaired) electrons. The van der Waals surface area contributed by atoms with E-state index in [9.17, 15) is 17.6 Å². The molecule has 0 bridgehead atoms. The zero-order chi connectivity index (χ0) is 25.3. The fourth-order valence-corrected chi connectivity index (χ4v) is 4.42. The number of benzene rings is 3. The molecule has 35 heavy (non-hydrogen) atoms. The highest BCUT2D eigenvalue weighted by Gasteiger charge is 2.22. The highest BCUT2D eigenvalue weighted by molar-refractivity contribution is 7.89. The maximum Gasteiger partial charge on any atom is 0.259 e. The number of anilines is 1. The number of aryl methyl sites for hydroxylation is 2. The molecule has 0 aliphatic heterocycles. The van der Waals surface area contributed by atoms with Crippen LogP contribution in [0.15, 0.2) is 77.8 Å². The molecule has 3 aromatic carbocycles. The standard InChI is InChI=1S/C26H25FN4O3S/c1-17-5-8-19(9-6-17)25-23(16-31(29-25)21-12-10-20(27)11-13-21)26(32)28-24-15-22(14-7-18(24)2)35(33,34)30(3)4/h5-16H,1-4H3,(H,28,32). The van der Waals surface area contributed by atoms with Gasteiger partial charge in [0.1, 0.15) is 11.5 Å². The van der Waals surface area contributed by atoms with Gasteiger partial charge >= 0.3 is 0 Å². The van der Waals surface area contributed by atoms with Crippen LogP contribution in [0.2, 0.25) is 0 Å². The molecule has 4 aromatic rings. The van der Waals surface area contributed by atoms with Crippen molar-refractivity contribution < 1.29 is 17.6 Å². The van der Waals surface area contributed by atoms with Crippen molar-refractivity contribution in [3.63, 3.8) is 0 Å². The first-order valence-electron chi connectivity index (χ1n) is 10.8. The molecule has 1 aromatic heterocycles. The monoisotopic (exact) mass is 492 g/mol. The number of aromatic nitrogens is 2. The highest BCUT2D eigenvalue weighted by Crippen LogP contribution is 2.27. The summed E-state index contributed by atoms with van der Waals surface area (Å²) in [6, 6.07) is 18.0. The quantitative estimate of drug-likeness (QED) is 0.419.